The van der Waals surface area contributed by atoms with E-state index < -0.39 is 0 Å². The van der Waals surface area contributed by atoms with E-state index in [0.29, 0.717) is 6.10 Å². The number of hydrogen-bond acceptors (Lipinski definition) is 2. The van der Waals surface area contributed by atoms with Crippen LogP contribution in [-0.2, 0) is 9.47 Å². The summed E-state index contributed by atoms with van der Waals surface area (Å²) in [6.45, 7) is 15.8. The molecule has 0 saturated carbocycles. The second kappa shape index (κ2) is 6.79. The molecule has 0 N–H and O–H groups in total. The van der Waals surface area contributed by atoms with Crippen molar-refractivity contribution in [3.05, 3.63) is 0 Å². The van der Waals surface area contributed by atoms with Crippen molar-refractivity contribution in [1.29, 1.82) is 0 Å². The fourth-order valence-corrected chi connectivity index (χ4v) is 4.63. The molecule has 1 saturated heterocycles. The van der Waals surface area contributed by atoms with E-state index in [0.717, 1.165) is 44.9 Å². The summed E-state index contributed by atoms with van der Waals surface area (Å²) in [5, 5.41) is 0. The first-order valence-electron chi connectivity index (χ1n) is 8.87. The highest BCUT2D eigenvalue weighted by atomic mass is 16.7. The maximum Gasteiger partial charge on any atom is 0.168 e. The molecule has 0 aromatic heterocycles. The van der Waals surface area contributed by atoms with E-state index in [9.17, 15) is 0 Å². The lowest BCUT2D eigenvalue weighted by Crippen LogP contribution is -2.66. The smallest absolute Gasteiger partial charge is 0.168 e. The Kier molecular flexibility index (Phi) is 6.10. The molecular formula is C18H36O2. The van der Waals surface area contributed by atoms with Crippen LogP contribution in [0.25, 0.3) is 0 Å². The Hall–Kier alpha value is -0.0800. The maximum absolute atomic E-state index is 6.77. The molecule has 2 heteroatoms. The van der Waals surface area contributed by atoms with Crippen molar-refractivity contribution >= 4 is 0 Å². The molecule has 1 aliphatic rings. The average Bonchev–Trinajstić information content (AvgIpc) is 2.53. The van der Waals surface area contributed by atoms with Crippen LogP contribution in [0.5, 0.6) is 0 Å². The topological polar surface area (TPSA) is 18.5 Å². The van der Waals surface area contributed by atoms with Crippen molar-refractivity contribution in [1.82, 2.24) is 0 Å². The molecule has 0 aromatic rings. The molecule has 1 aliphatic heterocycles. The van der Waals surface area contributed by atoms with Gasteiger partial charge in [-0.1, -0.05) is 48.5 Å². The molecule has 0 bridgehead atoms. The van der Waals surface area contributed by atoms with Gasteiger partial charge < -0.3 is 9.47 Å². The predicted molar refractivity (Wildman–Crippen MR) is 85.9 cm³/mol. The van der Waals surface area contributed by atoms with Crippen LogP contribution in [0.3, 0.4) is 0 Å². The second-order valence-corrected chi connectivity index (χ2v) is 6.30. The molecule has 1 fully saturated rings. The Morgan fingerprint density at radius 3 is 1.50 bits per heavy atom. The fourth-order valence-electron chi connectivity index (χ4n) is 4.63. The molecule has 2 nitrogen and oxygen atoms in total. The Labute approximate surface area is 126 Å². The zero-order chi connectivity index (χ0) is 15.4. The van der Waals surface area contributed by atoms with E-state index in [-0.39, 0.29) is 16.8 Å². The molecule has 20 heavy (non-hydrogen) atoms. The van der Waals surface area contributed by atoms with Crippen LogP contribution < -0.4 is 0 Å². The van der Waals surface area contributed by atoms with E-state index in [1.807, 2.05) is 0 Å². The summed E-state index contributed by atoms with van der Waals surface area (Å²) in [6, 6.07) is 0. The van der Waals surface area contributed by atoms with Gasteiger partial charge in [-0.05, 0) is 44.9 Å². The highest BCUT2D eigenvalue weighted by molar-refractivity contribution is 5.06. The summed E-state index contributed by atoms with van der Waals surface area (Å²) in [5.74, 6) is -0.374. The van der Waals surface area contributed by atoms with Gasteiger partial charge >= 0.3 is 0 Å². The lowest BCUT2D eigenvalue weighted by atomic mass is 9.60. The van der Waals surface area contributed by atoms with Crippen molar-refractivity contribution < 1.29 is 9.47 Å². The SMILES string of the molecule is CCC1OC(CC)(CC)OC(CC)(CC)C1(CC)CC. The molecule has 0 amide bonds. The minimum atomic E-state index is -0.374. The maximum atomic E-state index is 6.77. The highest BCUT2D eigenvalue weighted by Gasteiger charge is 2.60. The molecule has 1 atom stereocenters. The Morgan fingerprint density at radius 1 is 0.700 bits per heavy atom. The van der Waals surface area contributed by atoms with Gasteiger partial charge in [0.25, 0.3) is 0 Å². The highest BCUT2D eigenvalue weighted by Crippen LogP contribution is 2.56. The van der Waals surface area contributed by atoms with E-state index in [4.69, 9.17) is 9.47 Å². The number of ether oxygens (including phenoxy) is 2. The van der Waals surface area contributed by atoms with Gasteiger partial charge in [-0.2, -0.15) is 0 Å². The third kappa shape index (κ3) is 2.43. The molecular weight excluding hydrogens is 248 g/mol. The van der Waals surface area contributed by atoms with Crippen molar-refractivity contribution in [2.45, 2.75) is 111 Å². The molecule has 0 radical (unpaired) electrons. The van der Waals surface area contributed by atoms with E-state index in [2.05, 4.69) is 48.5 Å². The van der Waals surface area contributed by atoms with Gasteiger partial charge in [0.2, 0.25) is 0 Å². The zero-order valence-electron chi connectivity index (χ0n) is 14.8. The number of rotatable bonds is 7. The van der Waals surface area contributed by atoms with Crippen LogP contribution in [0, 0.1) is 5.41 Å². The third-order valence-corrected chi connectivity index (χ3v) is 6.11. The standard InChI is InChI=1S/C18H36O2/c1-8-15-16(9-2,10-3)17(11-4,12-5)20-18(13-6,14-7)19-15/h15H,8-14H2,1-7H3. The predicted octanol–water partition coefficient (Wildman–Crippen LogP) is 5.69. The lowest BCUT2D eigenvalue weighted by molar-refractivity contribution is -0.404. The van der Waals surface area contributed by atoms with Crippen molar-refractivity contribution in [3.8, 4) is 0 Å². The fraction of sp³-hybridized carbons (Fsp3) is 1.00. The molecule has 0 aliphatic carbocycles. The van der Waals surface area contributed by atoms with Crippen LogP contribution >= 0.6 is 0 Å². The first-order chi connectivity index (χ1) is 9.49. The normalized spacial score (nSPS) is 27.4. The van der Waals surface area contributed by atoms with E-state index in [1.165, 1.54) is 0 Å². The van der Waals surface area contributed by atoms with Gasteiger partial charge in [-0.3, -0.25) is 0 Å². The van der Waals surface area contributed by atoms with Crippen LogP contribution in [0.4, 0.5) is 0 Å². The molecule has 0 aromatic carbocycles. The van der Waals surface area contributed by atoms with Crippen molar-refractivity contribution in [3.63, 3.8) is 0 Å². The van der Waals surface area contributed by atoms with Gasteiger partial charge in [0, 0.05) is 5.41 Å². The average molecular weight is 284 g/mol. The minimum Gasteiger partial charge on any atom is -0.346 e. The van der Waals surface area contributed by atoms with Crippen LogP contribution in [0.2, 0.25) is 0 Å². The molecule has 1 rings (SSSR count). The van der Waals surface area contributed by atoms with Crippen molar-refractivity contribution in [2.24, 2.45) is 5.41 Å². The summed E-state index contributed by atoms with van der Waals surface area (Å²) < 4.78 is 13.3. The van der Waals surface area contributed by atoms with Gasteiger partial charge in [0.05, 0.1) is 11.7 Å². The quantitative estimate of drug-likeness (QED) is 0.597. The summed E-state index contributed by atoms with van der Waals surface area (Å²) >= 11 is 0. The third-order valence-electron chi connectivity index (χ3n) is 6.11. The van der Waals surface area contributed by atoms with Crippen LogP contribution in [-0.4, -0.2) is 17.5 Å². The first-order valence-corrected chi connectivity index (χ1v) is 8.87. The van der Waals surface area contributed by atoms with Crippen LogP contribution in [0.1, 0.15) is 93.4 Å². The zero-order valence-corrected chi connectivity index (χ0v) is 14.8. The van der Waals surface area contributed by atoms with Gasteiger partial charge in [0.1, 0.15) is 0 Å². The summed E-state index contributed by atoms with van der Waals surface area (Å²) in [6.07, 6.45) is 7.68. The molecule has 0 spiro atoms. The van der Waals surface area contributed by atoms with E-state index in [1.54, 1.807) is 0 Å². The van der Waals surface area contributed by atoms with Gasteiger partial charge in [-0.15, -0.1) is 0 Å². The second-order valence-electron chi connectivity index (χ2n) is 6.30. The Bertz CT molecular complexity index is 286. The monoisotopic (exact) mass is 284 g/mol. The summed E-state index contributed by atoms with van der Waals surface area (Å²) in [4.78, 5) is 0. The Balaban J connectivity index is 3.36. The minimum absolute atomic E-state index is 0.0402. The largest absolute Gasteiger partial charge is 0.346 e. The summed E-state index contributed by atoms with van der Waals surface area (Å²) in [7, 11) is 0. The van der Waals surface area contributed by atoms with E-state index >= 15 is 0 Å². The molecule has 1 heterocycles. The van der Waals surface area contributed by atoms with Gasteiger partial charge in [0.15, 0.2) is 5.79 Å². The lowest BCUT2D eigenvalue weighted by Gasteiger charge is -2.62. The Morgan fingerprint density at radius 2 is 1.20 bits per heavy atom. The first kappa shape index (κ1) is 18.0. The molecule has 120 valence electrons. The van der Waals surface area contributed by atoms with Crippen molar-refractivity contribution in [2.75, 3.05) is 0 Å². The number of hydrogen-bond donors (Lipinski definition) is 0. The van der Waals surface area contributed by atoms with Crippen LogP contribution in [0.15, 0.2) is 0 Å². The molecule has 1 unspecified atom stereocenters. The summed E-state index contributed by atoms with van der Waals surface area (Å²) in [5.41, 5.74) is 0.112. The van der Waals surface area contributed by atoms with Gasteiger partial charge in [-0.25, -0.2) is 0 Å².